The molecule has 1 aromatic heterocycles. The molecular weight excluding hydrogens is 198 g/mol. The van der Waals surface area contributed by atoms with E-state index < -0.39 is 13.0 Å². The van der Waals surface area contributed by atoms with Crippen LogP contribution in [0.5, 0.6) is 0 Å². The smallest absolute Gasteiger partial charge is 0.261 e. The Morgan fingerprint density at radius 1 is 1.62 bits per heavy atom. The third-order valence-corrected chi connectivity index (χ3v) is 1.93. The number of hydrogen-bond donors (Lipinski definition) is 1. The molecule has 1 heterocycles. The van der Waals surface area contributed by atoms with Crippen LogP contribution >= 0.6 is 11.3 Å². The van der Waals surface area contributed by atoms with Crippen LogP contribution in [0.1, 0.15) is 0 Å². The van der Waals surface area contributed by atoms with E-state index in [2.05, 4.69) is 15.0 Å². The van der Waals surface area contributed by atoms with E-state index in [9.17, 15) is 8.78 Å². The van der Waals surface area contributed by atoms with Crippen LogP contribution < -0.4 is 5.32 Å². The lowest BCUT2D eigenvalue weighted by Gasteiger charge is -2.03. The van der Waals surface area contributed by atoms with Gasteiger partial charge in [0, 0.05) is 18.1 Å². The number of ether oxygens (including phenoxy) is 1. The fourth-order valence-electron chi connectivity index (χ4n) is 0.713. The Morgan fingerprint density at radius 2 is 2.46 bits per heavy atom. The number of halogens is 2. The van der Waals surface area contributed by atoms with Gasteiger partial charge in [-0.1, -0.05) is 0 Å². The van der Waals surface area contributed by atoms with Crippen molar-refractivity contribution in [2.75, 3.05) is 25.1 Å². The van der Waals surface area contributed by atoms with E-state index in [1.165, 1.54) is 11.3 Å². The molecular formula is C7H10F2N2OS. The predicted octanol–water partition coefficient (Wildman–Crippen LogP) is 1.84. The lowest BCUT2D eigenvalue weighted by atomic mass is 10.6. The van der Waals surface area contributed by atoms with Crippen LogP contribution in [-0.2, 0) is 4.74 Å². The van der Waals surface area contributed by atoms with E-state index >= 15 is 0 Å². The van der Waals surface area contributed by atoms with E-state index in [-0.39, 0.29) is 6.61 Å². The van der Waals surface area contributed by atoms with Gasteiger partial charge in [0.1, 0.15) is 6.61 Å². The number of anilines is 1. The van der Waals surface area contributed by atoms with Gasteiger partial charge in [0.2, 0.25) is 0 Å². The Hall–Kier alpha value is -0.750. The first kappa shape index (κ1) is 10.3. The number of thiazole rings is 1. The van der Waals surface area contributed by atoms with Gasteiger partial charge in [-0.15, -0.1) is 11.3 Å². The van der Waals surface area contributed by atoms with Crippen LogP contribution in [0.15, 0.2) is 11.6 Å². The number of aromatic nitrogens is 1. The highest BCUT2D eigenvalue weighted by molar-refractivity contribution is 7.13. The molecule has 0 radical (unpaired) electrons. The van der Waals surface area contributed by atoms with Gasteiger partial charge in [-0.25, -0.2) is 13.8 Å². The largest absolute Gasteiger partial charge is 0.374 e. The summed E-state index contributed by atoms with van der Waals surface area (Å²) in [6.45, 7) is 0.268. The zero-order chi connectivity index (χ0) is 9.52. The van der Waals surface area contributed by atoms with Gasteiger partial charge in [0.15, 0.2) is 5.13 Å². The van der Waals surface area contributed by atoms with Crippen molar-refractivity contribution in [1.29, 1.82) is 0 Å². The van der Waals surface area contributed by atoms with Crippen LogP contribution in [0.3, 0.4) is 0 Å². The first-order chi connectivity index (χ1) is 6.29. The molecule has 0 aromatic carbocycles. The highest BCUT2D eigenvalue weighted by Crippen LogP contribution is 2.09. The second kappa shape index (κ2) is 5.82. The minimum Gasteiger partial charge on any atom is -0.374 e. The molecule has 13 heavy (non-hydrogen) atoms. The predicted molar refractivity (Wildman–Crippen MR) is 47.4 cm³/mol. The molecule has 6 heteroatoms. The summed E-state index contributed by atoms with van der Waals surface area (Å²) in [5, 5.41) is 5.55. The molecule has 0 bridgehead atoms. The Kier molecular flexibility index (Phi) is 4.63. The number of alkyl halides is 2. The molecule has 1 N–H and O–H groups in total. The molecule has 74 valence electrons. The zero-order valence-electron chi connectivity index (χ0n) is 6.87. The van der Waals surface area contributed by atoms with Crippen molar-refractivity contribution in [2.45, 2.75) is 6.43 Å². The molecule has 0 amide bonds. The minimum absolute atomic E-state index is 0.268. The first-order valence-electron chi connectivity index (χ1n) is 3.78. The van der Waals surface area contributed by atoms with E-state index in [1.807, 2.05) is 5.38 Å². The summed E-state index contributed by atoms with van der Waals surface area (Å²) in [4.78, 5) is 3.95. The summed E-state index contributed by atoms with van der Waals surface area (Å²) < 4.78 is 27.8. The van der Waals surface area contributed by atoms with Gasteiger partial charge in [-0.05, 0) is 0 Å². The van der Waals surface area contributed by atoms with Gasteiger partial charge in [-0.2, -0.15) is 0 Å². The summed E-state index contributed by atoms with van der Waals surface area (Å²) >= 11 is 1.46. The van der Waals surface area contributed by atoms with Crippen LogP contribution in [0.4, 0.5) is 13.9 Å². The fraction of sp³-hybridized carbons (Fsp3) is 0.571. The molecule has 0 saturated carbocycles. The molecule has 0 saturated heterocycles. The number of rotatable bonds is 6. The molecule has 0 fully saturated rings. The van der Waals surface area contributed by atoms with Gasteiger partial charge in [-0.3, -0.25) is 0 Å². The minimum atomic E-state index is -2.39. The van der Waals surface area contributed by atoms with Crippen LogP contribution in [0.2, 0.25) is 0 Å². The lowest BCUT2D eigenvalue weighted by molar-refractivity contribution is 0.0215. The molecule has 1 aromatic rings. The first-order valence-corrected chi connectivity index (χ1v) is 4.66. The maximum Gasteiger partial charge on any atom is 0.261 e. The summed E-state index contributed by atoms with van der Waals surface area (Å²) in [6, 6.07) is 0. The second-order valence-electron chi connectivity index (χ2n) is 2.23. The molecule has 0 spiro atoms. The van der Waals surface area contributed by atoms with Crippen molar-refractivity contribution in [3.05, 3.63) is 11.6 Å². The topological polar surface area (TPSA) is 34.1 Å². The van der Waals surface area contributed by atoms with Crippen molar-refractivity contribution in [3.63, 3.8) is 0 Å². The molecule has 0 aliphatic carbocycles. The van der Waals surface area contributed by atoms with Crippen molar-refractivity contribution >= 4 is 16.5 Å². The highest BCUT2D eigenvalue weighted by Gasteiger charge is 2.00. The highest BCUT2D eigenvalue weighted by atomic mass is 32.1. The van der Waals surface area contributed by atoms with Gasteiger partial charge in [0.05, 0.1) is 6.61 Å². The fourth-order valence-corrected chi connectivity index (χ4v) is 1.27. The zero-order valence-corrected chi connectivity index (χ0v) is 7.69. The Balaban J connectivity index is 1.96. The molecule has 0 aliphatic heterocycles. The van der Waals surface area contributed by atoms with Crippen LogP contribution in [0, 0.1) is 0 Å². The molecule has 0 aliphatic rings. The summed E-state index contributed by atoms with van der Waals surface area (Å²) in [5.74, 6) is 0. The van der Waals surface area contributed by atoms with Crippen molar-refractivity contribution in [3.8, 4) is 0 Å². The molecule has 0 unspecified atom stereocenters. The molecule has 1 rings (SSSR count). The quantitative estimate of drug-likeness (QED) is 0.724. The normalized spacial score (nSPS) is 10.7. The third-order valence-electron chi connectivity index (χ3n) is 1.20. The van der Waals surface area contributed by atoms with Gasteiger partial charge < -0.3 is 10.1 Å². The SMILES string of the molecule is FC(F)COCCNc1nccs1. The Labute approximate surface area is 78.7 Å². The molecule has 3 nitrogen and oxygen atoms in total. The summed E-state index contributed by atoms with van der Waals surface area (Å²) in [5.41, 5.74) is 0. The third kappa shape index (κ3) is 4.74. The lowest BCUT2D eigenvalue weighted by Crippen LogP contribution is -2.12. The van der Waals surface area contributed by atoms with Crippen molar-refractivity contribution in [2.24, 2.45) is 0 Å². The van der Waals surface area contributed by atoms with E-state index in [4.69, 9.17) is 0 Å². The van der Waals surface area contributed by atoms with Crippen LogP contribution in [-0.4, -0.2) is 31.2 Å². The van der Waals surface area contributed by atoms with E-state index in [0.29, 0.717) is 6.54 Å². The van der Waals surface area contributed by atoms with Crippen LogP contribution in [0.25, 0.3) is 0 Å². The Morgan fingerprint density at radius 3 is 3.08 bits per heavy atom. The number of nitrogens with zero attached hydrogens (tertiary/aromatic N) is 1. The van der Waals surface area contributed by atoms with Gasteiger partial charge >= 0.3 is 0 Å². The van der Waals surface area contributed by atoms with E-state index in [0.717, 1.165) is 5.13 Å². The van der Waals surface area contributed by atoms with Crippen molar-refractivity contribution in [1.82, 2.24) is 4.98 Å². The maximum absolute atomic E-state index is 11.6. The van der Waals surface area contributed by atoms with Gasteiger partial charge in [0.25, 0.3) is 6.43 Å². The average molecular weight is 208 g/mol. The summed E-state index contributed by atoms with van der Waals surface area (Å²) in [6.07, 6.45) is -0.715. The van der Waals surface area contributed by atoms with Crippen molar-refractivity contribution < 1.29 is 13.5 Å². The van der Waals surface area contributed by atoms with E-state index in [1.54, 1.807) is 6.20 Å². The average Bonchev–Trinajstić information content (AvgIpc) is 2.55. The Bertz CT molecular complexity index is 218. The summed E-state index contributed by atoms with van der Waals surface area (Å²) in [7, 11) is 0. The number of nitrogens with one attached hydrogen (secondary N) is 1. The number of hydrogen-bond acceptors (Lipinski definition) is 4. The molecule has 0 atom stereocenters. The standard InChI is InChI=1S/C7H10F2N2OS/c8-6(9)5-12-3-1-10-7-11-2-4-13-7/h2,4,6H,1,3,5H2,(H,10,11). The monoisotopic (exact) mass is 208 g/mol. The second-order valence-corrected chi connectivity index (χ2v) is 3.12. The maximum atomic E-state index is 11.6.